The second kappa shape index (κ2) is 13.2. The number of nitrogens with zero attached hydrogens (tertiary/aromatic N) is 1. The van der Waals surface area contributed by atoms with Crippen LogP contribution in [0.25, 0.3) is 6.08 Å². The molecule has 1 N–H and O–H groups in total. The molecule has 5 nitrogen and oxygen atoms in total. The Bertz CT molecular complexity index is 1330. The molecule has 8 heteroatoms. The molecule has 3 aromatic carbocycles. The molecule has 0 spiro atoms. The number of hydrogen-bond donors (Lipinski definition) is 1. The number of allylic oxidation sites excluding steroid dienone is 1. The molecule has 0 fully saturated rings. The highest BCUT2D eigenvalue weighted by Gasteiger charge is 2.14. The predicted octanol–water partition coefficient (Wildman–Crippen LogP) is 7.30. The summed E-state index contributed by atoms with van der Waals surface area (Å²) >= 11 is 15.7. The van der Waals surface area contributed by atoms with E-state index >= 15 is 0 Å². The molecule has 0 aliphatic rings. The van der Waals surface area contributed by atoms with Gasteiger partial charge in [-0.05, 0) is 87.1 Å². The first-order valence-electron chi connectivity index (χ1n) is 10.9. The largest absolute Gasteiger partial charge is 0.497 e. The van der Waals surface area contributed by atoms with Crippen molar-refractivity contribution in [3.05, 3.63) is 110 Å². The number of hydrogen-bond acceptors (Lipinski definition) is 4. The topological polar surface area (TPSA) is 71.4 Å². The normalized spacial score (nSPS) is 10.9. The fraction of sp³-hybridized carbons (Fsp3) is 0.143. The van der Waals surface area contributed by atoms with Crippen molar-refractivity contribution in [2.75, 3.05) is 7.11 Å². The lowest BCUT2D eigenvalue weighted by Crippen LogP contribution is -2.23. The number of methoxy groups -OCH3 is 1. The van der Waals surface area contributed by atoms with E-state index in [0.717, 1.165) is 22.4 Å². The molecule has 0 saturated carbocycles. The number of nitrogens with one attached hydrogen (secondary N) is 1. The smallest absolute Gasteiger partial charge is 0.262 e. The summed E-state index contributed by atoms with van der Waals surface area (Å²) in [6.45, 7) is 4.39. The van der Waals surface area contributed by atoms with E-state index in [2.05, 4.69) is 27.8 Å². The molecule has 0 saturated heterocycles. The van der Waals surface area contributed by atoms with Crippen molar-refractivity contribution in [3.63, 3.8) is 0 Å². The maximum atomic E-state index is 12.6. The van der Waals surface area contributed by atoms with E-state index in [-0.39, 0.29) is 18.7 Å². The zero-order valence-electron chi connectivity index (χ0n) is 19.5. The lowest BCUT2D eigenvalue weighted by Gasteiger charge is -2.14. The van der Waals surface area contributed by atoms with Crippen molar-refractivity contribution in [1.82, 2.24) is 5.32 Å². The van der Waals surface area contributed by atoms with Gasteiger partial charge in [0.1, 0.15) is 29.7 Å². The van der Waals surface area contributed by atoms with Crippen molar-refractivity contribution < 1.29 is 14.3 Å². The summed E-state index contributed by atoms with van der Waals surface area (Å²) in [7, 11) is 1.59. The summed E-state index contributed by atoms with van der Waals surface area (Å²) in [5.74, 6) is 0.906. The van der Waals surface area contributed by atoms with E-state index < -0.39 is 5.91 Å². The van der Waals surface area contributed by atoms with Crippen LogP contribution in [-0.4, -0.2) is 13.0 Å². The van der Waals surface area contributed by atoms with Crippen LogP contribution < -0.4 is 14.8 Å². The Hall–Kier alpha value is -3.24. The number of amides is 1. The Balaban J connectivity index is 1.77. The Morgan fingerprint density at radius 2 is 1.83 bits per heavy atom. The third-order valence-electron chi connectivity index (χ3n) is 5.16. The minimum absolute atomic E-state index is 0.00978. The van der Waals surface area contributed by atoms with Crippen LogP contribution in [0.3, 0.4) is 0 Å². The zero-order chi connectivity index (χ0) is 26.1. The summed E-state index contributed by atoms with van der Waals surface area (Å²) in [6, 6.07) is 18.3. The average molecular weight is 586 g/mol. The summed E-state index contributed by atoms with van der Waals surface area (Å²) in [4.78, 5) is 12.6. The molecule has 1 amide bonds. The monoisotopic (exact) mass is 584 g/mol. The standard InChI is InChI=1S/C28H23BrCl2N2O3/c1-3-4-21-11-20(13-24(29)27(21)36-17-19-7-10-25(30)26(31)14-19)12-22(15-32)28(34)33-16-18-5-8-23(35-2)9-6-18/h3,5-14H,1,4,16-17H2,2H3,(H,33,34)/b22-12-. The van der Waals surface area contributed by atoms with Crippen LogP contribution in [0.15, 0.2) is 77.3 Å². The molecule has 0 aliphatic heterocycles. The van der Waals surface area contributed by atoms with Crippen LogP contribution in [-0.2, 0) is 24.4 Å². The number of nitriles is 1. The van der Waals surface area contributed by atoms with Gasteiger partial charge < -0.3 is 14.8 Å². The van der Waals surface area contributed by atoms with Gasteiger partial charge in [-0.3, -0.25) is 4.79 Å². The number of carbonyl (C=O) groups is 1. The summed E-state index contributed by atoms with van der Waals surface area (Å²) in [5, 5.41) is 13.3. The minimum atomic E-state index is -0.463. The van der Waals surface area contributed by atoms with Gasteiger partial charge in [0.2, 0.25) is 0 Å². The fourth-order valence-electron chi connectivity index (χ4n) is 3.35. The van der Waals surface area contributed by atoms with Gasteiger partial charge in [-0.15, -0.1) is 6.58 Å². The van der Waals surface area contributed by atoms with Crippen molar-refractivity contribution in [2.45, 2.75) is 19.6 Å². The highest BCUT2D eigenvalue weighted by atomic mass is 79.9. The van der Waals surface area contributed by atoms with Crippen molar-refractivity contribution in [2.24, 2.45) is 0 Å². The molecule has 0 heterocycles. The van der Waals surface area contributed by atoms with E-state index in [1.165, 1.54) is 0 Å². The van der Waals surface area contributed by atoms with E-state index in [0.29, 0.717) is 32.3 Å². The average Bonchev–Trinajstić information content (AvgIpc) is 2.87. The van der Waals surface area contributed by atoms with Gasteiger partial charge in [0.05, 0.1) is 21.6 Å². The molecule has 0 bridgehead atoms. The van der Waals surface area contributed by atoms with Crippen molar-refractivity contribution in [3.8, 4) is 17.6 Å². The van der Waals surface area contributed by atoms with E-state index in [4.69, 9.17) is 32.7 Å². The molecule has 0 atom stereocenters. The maximum Gasteiger partial charge on any atom is 0.262 e. The lowest BCUT2D eigenvalue weighted by atomic mass is 10.0. The van der Waals surface area contributed by atoms with E-state index in [1.54, 1.807) is 37.5 Å². The van der Waals surface area contributed by atoms with Gasteiger partial charge in [-0.1, -0.05) is 47.5 Å². The minimum Gasteiger partial charge on any atom is -0.497 e. The molecular formula is C28H23BrCl2N2O3. The molecule has 3 aromatic rings. The summed E-state index contributed by atoms with van der Waals surface area (Å²) in [6.07, 6.45) is 3.83. The van der Waals surface area contributed by atoms with Gasteiger partial charge >= 0.3 is 0 Å². The third-order valence-corrected chi connectivity index (χ3v) is 6.49. The van der Waals surface area contributed by atoms with Gasteiger partial charge in [-0.2, -0.15) is 5.26 Å². The molecule has 0 unspecified atom stereocenters. The van der Waals surface area contributed by atoms with Gasteiger partial charge in [0.15, 0.2) is 0 Å². The van der Waals surface area contributed by atoms with Crippen LogP contribution in [0.2, 0.25) is 10.0 Å². The van der Waals surface area contributed by atoms with Crippen LogP contribution >= 0.6 is 39.1 Å². The summed E-state index contributed by atoms with van der Waals surface area (Å²) < 4.78 is 11.9. The number of rotatable bonds is 10. The Morgan fingerprint density at radius 1 is 1.11 bits per heavy atom. The first-order valence-corrected chi connectivity index (χ1v) is 12.4. The summed E-state index contributed by atoms with van der Waals surface area (Å²) in [5.41, 5.74) is 3.27. The van der Waals surface area contributed by atoms with Crippen molar-refractivity contribution >= 4 is 51.1 Å². The van der Waals surface area contributed by atoms with Crippen molar-refractivity contribution in [1.29, 1.82) is 5.26 Å². The highest BCUT2D eigenvalue weighted by molar-refractivity contribution is 9.10. The lowest BCUT2D eigenvalue weighted by molar-refractivity contribution is -0.117. The van der Waals surface area contributed by atoms with Crippen LogP contribution in [0, 0.1) is 11.3 Å². The predicted molar refractivity (Wildman–Crippen MR) is 147 cm³/mol. The molecular weight excluding hydrogens is 563 g/mol. The zero-order valence-corrected chi connectivity index (χ0v) is 22.6. The fourth-order valence-corrected chi connectivity index (χ4v) is 4.30. The number of carbonyl (C=O) groups excluding carboxylic acids is 1. The molecule has 0 aliphatic carbocycles. The molecule has 3 rings (SSSR count). The quantitative estimate of drug-likeness (QED) is 0.154. The van der Waals surface area contributed by atoms with Gasteiger partial charge in [0.25, 0.3) is 5.91 Å². The molecule has 0 aromatic heterocycles. The van der Waals surface area contributed by atoms with Crippen LogP contribution in [0.4, 0.5) is 0 Å². The Labute approximate surface area is 229 Å². The maximum absolute atomic E-state index is 12.6. The molecule has 0 radical (unpaired) electrons. The van der Waals surface area contributed by atoms with Gasteiger partial charge in [0, 0.05) is 6.54 Å². The van der Waals surface area contributed by atoms with E-state index in [9.17, 15) is 10.1 Å². The first kappa shape index (κ1) is 27.3. The highest BCUT2D eigenvalue weighted by Crippen LogP contribution is 2.33. The second-order valence-electron chi connectivity index (χ2n) is 7.72. The first-order chi connectivity index (χ1) is 17.3. The van der Waals surface area contributed by atoms with E-state index in [1.807, 2.05) is 42.5 Å². The second-order valence-corrected chi connectivity index (χ2v) is 9.39. The number of ether oxygens (including phenoxy) is 2. The Kier molecular flexibility index (Phi) is 10.0. The third kappa shape index (κ3) is 7.38. The molecule has 36 heavy (non-hydrogen) atoms. The number of benzene rings is 3. The van der Waals surface area contributed by atoms with Gasteiger partial charge in [-0.25, -0.2) is 0 Å². The Morgan fingerprint density at radius 3 is 2.47 bits per heavy atom. The SMILES string of the molecule is C=CCc1cc(/C=C(/C#N)C(=O)NCc2ccc(OC)cc2)cc(Br)c1OCc1ccc(Cl)c(Cl)c1. The molecule has 184 valence electrons. The number of halogens is 3. The van der Waals surface area contributed by atoms with Crippen LogP contribution in [0.5, 0.6) is 11.5 Å². The van der Waals surface area contributed by atoms with Crippen LogP contribution in [0.1, 0.15) is 22.3 Å².